The molecule has 1 unspecified atom stereocenters. The maximum Gasteiger partial charge on any atom is 0.292 e. The number of pyridine rings is 1. The second-order valence-electron chi connectivity index (χ2n) is 4.11. The fourth-order valence-corrected chi connectivity index (χ4v) is 1.31. The first kappa shape index (κ1) is 13.0. The SMILES string of the molecule is C=C(C)COc1cccn(CC(C)C#N)c1=O. The summed E-state index contributed by atoms with van der Waals surface area (Å²) in [5.41, 5.74) is 0.640. The van der Waals surface area contributed by atoms with E-state index in [0.29, 0.717) is 18.9 Å². The fraction of sp³-hybridized carbons (Fsp3) is 0.385. The first-order chi connectivity index (χ1) is 8.04. The normalized spacial score (nSPS) is 11.6. The first-order valence-corrected chi connectivity index (χ1v) is 5.41. The van der Waals surface area contributed by atoms with Crippen molar-refractivity contribution in [3.8, 4) is 11.8 Å². The van der Waals surface area contributed by atoms with E-state index in [2.05, 4.69) is 12.6 Å². The Labute approximate surface area is 101 Å². The molecule has 0 bridgehead atoms. The van der Waals surface area contributed by atoms with Gasteiger partial charge in [-0.15, -0.1) is 0 Å². The van der Waals surface area contributed by atoms with Crippen molar-refractivity contribution < 1.29 is 4.74 Å². The molecule has 0 N–H and O–H groups in total. The number of hydrogen-bond acceptors (Lipinski definition) is 3. The first-order valence-electron chi connectivity index (χ1n) is 5.41. The van der Waals surface area contributed by atoms with Gasteiger partial charge in [0.1, 0.15) is 6.61 Å². The van der Waals surface area contributed by atoms with Gasteiger partial charge in [0.2, 0.25) is 0 Å². The number of nitriles is 1. The Hall–Kier alpha value is -2.02. The van der Waals surface area contributed by atoms with Crippen molar-refractivity contribution in [1.82, 2.24) is 4.57 Å². The molecule has 0 fully saturated rings. The van der Waals surface area contributed by atoms with Crippen LogP contribution >= 0.6 is 0 Å². The second-order valence-corrected chi connectivity index (χ2v) is 4.11. The van der Waals surface area contributed by atoms with Gasteiger partial charge in [-0.1, -0.05) is 6.58 Å². The minimum absolute atomic E-state index is 0.205. The Balaban J connectivity index is 2.88. The van der Waals surface area contributed by atoms with Gasteiger partial charge in [-0.05, 0) is 31.6 Å². The molecule has 0 aromatic carbocycles. The molecule has 4 nitrogen and oxygen atoms in total. The summed E-state index contributed by atoms with van der Waals surface area (Å²) in [6, 6.07) is 5.45. The third-order valence-electron chi connectivity index (χ3n) is 2.15. The van der Waals surface area contributed by atoms with Gasteiger partial charge in [-0.2, -0.15) is 5.26 Å². The standard InChI is InChI=1S/C13H16N2O2/c1-10(2)9-17-12-5-4-6-15(13(12)16)8-11(3)7-14/h4-6,11H,1,8-9H2,2-3H3. The lowest BCUT2D eigenvalue weighted by atomic mass is 10.2. The molecule has 0 amide bonds. The number of rotatable bonds is 5. The van der Waals surface area contributed by atoms with Gasteiger partial charge in [-0.25, -0.2) is 0 Å². The van der Waals surface area contributed by atoms with Crippen molar-refractivity contribution in [3.63, 3.8) is 0 Å². The number of nitrogens with zero attached hydrogens (tertiary/aromatic N) is 2. The van der Waals surface area contributed by atoms with E-state index in [1.54, 1.807) is 25.3 Å². The van der Waals surface area contributed by atoms with Crippen molar-refractivity contribution in [3.05, 3.63) is 40.8 Å². The van der Waals surface area contributed by atoms with E-state index in [0.717, 1.165) is 5.57 Å². The topological polar surface area (TPSA) is 55.0 Å². The van der Waals surface area contributed by atoms with Crippen molar-refractivity contribution >= 4 is 0 Å². The molecule has 0 saturated carbocycles. The lowest BCUT2D eigenvalue weighted by Crippen LogP contribution is -2.23. The van der Waals surface area contributed by atoms with E-state index in [1.807, 2.05) is 6.92 Å². The predicted octanol–water partition coefficient (Wildman–Crippen LogP) is 1.96. The molecular weight excluding hydrogens is 216 g/mol. The third kappa shape index (κ3) is 3.80. The molecule has 1 aromatic heterocycles. The molecular formula is C13H16N2O2. The monoisotopic (exact) mass is 232 g/mol. The molecule has 90 valence electrons. The van der Waals surface area contributed by atoms with E-state index in [1.165, 1.54) is 4.57 Å². The van der Waals surface area contributed by atoms with Crippen LogP contribution in [0.2, 0.25) is 0 Å². The van der Waals surface area contributed by atoms with E-state index in [-0.39, 0.29) is 11.5 Å². The van der Waals surface area contributed by atoms with Crippen LogP contribution in [0.25, 0.3) is 0 Å². The van der Waals surface area contributed by atoms with Gasteiger partial charge < -0.3 is 9.30 Å². The zero-order chi connectivity index (χ0) is 12.8. The lowest BCUT2D eigenvalue weighted by Gasteiger charge is -2.10. The van der Waals surface area contributed by atoms with Crippen LogP contribution in [0, 0.1) is 17.2 Å². The third-order valence-corrected chi connectivity index (χ3v) is 2.15. The van der Waals surface area contributed by atoms with Crippen molar-refractivity contribution in [1.29, 1.82) is 5.26 Å². The smallest absolute Gasteiger partial charge is 0.292 e. The largest absolute Gasteiger partial charge is 0.484 e. The minimum Gasteiger partial charge on any atom is -0.484 e. The molecule has 0 aliphatic rings. The quantitative estimate of drug-likeness (QED) is 0.729. The maximum atomic E-state index is 11.9. The Kier molecular flexibility index (Phi) is 4.53. The van der Waals surface area contributed by atoms with Gasteiger partial charge >= 0.3 is 0 Å². The number of hydrogen-bond donors (Lipinski definition) is 0. The molecule has 0 aliphatic carbocycles. The van der Waals surface area contributed by atoms with Crippen LogP contribution in [-0.2, 0) is 6.54 Å². The Morgan fingerprint density at radius 1 is 1.71 bits per heavy atom. The van der Waals surface area contributed by atoms with Crippen molar-refractivity contribution in [2.24, 2.45) is 5.92 Å². The van der Waals surface area contributed by atoms with E-state index < -0.39 is 0 Å². The predicted molar refractivity (Wildman–Crippen MR) is 65.8 cm³/mol. The molecule has 0 radical (unpaired) electrons. The number of aromatic nitrogens is 1. The Bertz CT molecular complexity index is 497. The van der Waals surface area contributed by atoms with Crippen LogP contribution in [0.1, 0.15) is 13.8 Å². The summed E-state index contributed by atoms with van der Waals surface area (Å²) in [4.78, 5) is 11.9. The summed E-state index contributed by atoms with van der Waals surface area (Å²) in [6.45, 7) is 8.01. The Morgan fingerprint density at radius 3 is 3.00 bits per heavy atom. The molecule has 0 aliphatic heterocycles. The minimum atomic E-state index is -0.212. The van der Waals surface area contributed by atoms with E-state index in [4.69, 9.17) is 10.00 Å². The van der Waals surface area contributed by atoms with Gasteiger partial charge in [-0.3, -0.25) is 4.79 Å². The second kappa shape index (κ2) is 5.90. The maximum absolute atomic E-state index is 11.9. The zero-order valence-corrected chi connectivity index (χ0v) is 10.1. The highest BCUT2D eigenvalue weighted by Crippen LogP contribution is 2.05. The van der Waals surface area contributed by atoms with Crippen LogP contribution in [0.15, 0.2) is 35.3 Å². The van der Waals surface area contributed by atoms with Gasteiger partial charge in [0, 0.05) is 12.7 Å². The Morgan fingerprint density at radius 2 is 2.41 bits per heavy atom. The van der Waals surface area contributed by atoms with Crippen LogP contribution in [0.3, 0.4) is 0 Å². The lowest BCUT2D eigenvalue weighted by molar-refractivity contribution is 0.342. The average Bonchev–Trinajstić information content (AvgIpc) is 2.30. The fourth-order valence-electron chi connectivity index (χ4n) is 1.31. The summed E-state index contributed by atoms with van der Waals surface area (Å²) in [5, 5.41) is 8.72. The van der Waals surface area contributed by atoms with Crippen LogP contribution in [0.4, 0.5) is 0 Å². The summed E-state index contributed by atoms with van der Waals surface area (Å²) < 4.78 is 6.83. The summed E-state index contributed by atoms with van der Waals surface area (Å²) >= 11 is 0. The summed E-state index contributed by atoms with van der Waals surface area (Å²) in [6.07, 6.45) is 1.66. The molecule has 1 heterocycles. The summed E-state index contributed by atoms with van der Waals surface area (Å²) in [7, 11) is 0. The van der Waals surface area contributed by atoms with Gasteiger partial charge in [0.05, 0.1) is 12.0 Å². The zero-order valence-electron chi connectivity index (χ0n) is 10.1. The molecule has 1 rings (SSSR count). The van der Waals surface area contributed by atoms with Crippen molar-refractivity contribution in [2.75, 3.05) is 6.61 Å². The molecule has 1 atom stereocenters. The van der Waals surface area contributed by atoms with Crippen LogP contribution < -0.4 is 10.3 Å². The number of ether oxygens (including phenoxy) is 1. The highest BCUT2D eigenvalue weighted by Gasteiger charge is 2.07. The van der Waals surface area contributed by atoms with E-state index in [9.17, 15) is 4.79 Å². The summed E-state index contributed by atoms with van der Waals surface area (Å²) in [5.74, 6) is 0.0877. The molecule has 4 heteroatoms. The molecule has 1 aromatic rings. The van der Waals surface area contributed by atoms with Crippen LogP contribution in [0.5, 0.6) is 5.75 Å². The molecule has 0 spiro atoms. The van der Waals surface area contributed by atoms with E-state index >= 15 is 0 Å². The highest BCUT2D eigenvalue weighted by atomic mass is 16.5. The van der Waals surface area contributed by atoms with Gasteiger partial charge in [0.25, 0.3) is 5.56 Å². The van der Waals surface area contributed by atoms with Crippen LogP contribution in [-0.4, -0.2) is 11.2 Å². The highest BCUT2D eigenvalue weighted by molar-refractivity contribution is 5.18. The van der Waals surface area contributed by atoms with Crippen molar-refractivity contribution in [2.45, 2.75) is 20.4 Å². The average molecular weight is 232 g/mol. The molecule has 0 saturated heterocycles. The molecule has 17 heavy (non-hydrogen) atoms. The van der Waals surface area contributed by atoms with Gasteiger partial charge in [0.15, 0.2) is 5.75 Å².